The van der Waals surface area contributed by atoms with Crippen molar-refractivity contribution >= 4 is 11.8 Å². The molecule has 0 aromatic heterocycles. The molecule has 3 N–H and O–H groups in total. The zero-order chi connectivity index (χ0) is 19.0. The standard InChI is InChI=1S/C18H29N3O4/c1-6-21(16(22)10-20-18(23)17(19)12(2)3)11-13-7-8-14(24-4)15(9-13)25-5/h7-9,12,17H,6,10-11,19H2,1-5H3,(H,20,23)/t17-/m0/s1. The van der Waals surface area contributed by atoms with Gasteiger partial charge in [-0.05, 0) is 30.5 Å². The summed E-state index contributed by atoms with van der Waals surface area (Å²) < 4.78 is 10.5. The van der Waals surface area contributed by atoms with Crippen LogP contribution in [0.2, 0.25) is 0 Å². The van der Waals surface area contributed by atoms with E-state index in [0.717, 1.165) is 5.56 Å². The molecule has 0 aliphatic heterocycles. The van der Waals surface area contributed by atoms with E-state index in [-0.39, 0.29) is 24.3 Å². The number of nitrogens with one attached hydrogen (secondary N) is 1. The van der Waals surface area contributed by atoms with Crippen molar-refractivity contribution in [1.82, 2.24) is 10.2 Å². The van der Waals surface area contributed by atoms with E-state index in [4.69, 9.17) is 15.2 Å². The molecule has 0 spiro atoms. The molecule has 0 heterocycles. The monoisotopic (exact) mass is 351 g/mol. The average molecular weight is 351 g/mol. The normalized spacial score (nSPS) is 11.8. The Kier molecular flexibility index (Phi) is 8.21. The molecule has 7 heteroatoms. The Hall–Kier alpha value is -2.28. The van der Waals surface area contributed by atoms with Crippen molar-refractivity contribution in [3.05, 3.63) is 23.8 Å². The highest BCUT2D eigenvalue weighted by Crippen LogP contribution is 2.28. The summed E-state index contributed by atoms with van der Waals surface area (Å²) in [6.07, 6.45) is 0. The van der Waals surface area contributed by atoms with Gasteiger partial charge in [0.2, 0.25) is 11.8 Å². The molecule has 25 heavy (non-hydrogen) atoms. The van der Waals surface area contributed by atoms with Crippen LogP contribution in [0.1, 0.15) is 26.3 Å². The smallest absolute Gasteiger partial charge is 0.242 e. The highest BCUT2D eigenvalue weighted by atomic mass is 16.5. The largest absolute Gasteiger partial charge is 0.493 e. The molecule has 0 radical (unpaired) electrons. The Morgan fingerprint density at radius 3 is 2.36 bits per heavy atom. The molecule has 2 amide bonds. The summed E-state index contributed by atoms with van der Waals surface area (Å²) in [7, 11) is 3.14. The van der Waals surface area contributed by atoms with Gasteiger partial charge in [0.05, 0.1) is 26.8 Å². The van der Waals surface area contributed by atoms with Gasteiger partial charge in [0, 0.05) is 13.1 Å². The zero-order valence-corrected chi connectivity index (χ0v) is 15.7. The summed E-state index contributed by atoms with van der Waals surface area (Å²) in [5.41, 5.74) is 6.69. The number of ether oxygens (including phenoxy) is 2. The molecule has 1 atom stereocenters. The van der Waals surface area contributed by atoms with Gasteiger partial charge in [-0.2, -0.15) is 0 Å². The van der Waals surface area contributed by atoms with Gasteiger partial charge in [-0.25, -0.2) is 0 Å². The van der Waals surface area contributed by atoms with Crippen LogP contribution in [0.3, 0.4) is 0 Å². The summed E-state index contributed by atoms with van der Waals surface area (Å²) in [5.74, 6) is 0.784. The molecule has 140 valence electrons. The maximum atomic E-state index is 12.4. The number of carbonyl (C=O) groups excluding carboxylic acids is 2. The second-order valence-electron chi connectivity index (χ2n) is 6.08. The van der Waals surface area contributed by atoms with E-state index in [2.05, 4.69) is 5.32 Å². The van der Waals surface area contributed by atoms with Gasteiger partial charge in [-0.15, -0.1) is 0 Å². The Morgan fingerprint density at radius 2 is 1.84 bits per heavy atom. The van der Waals surface area contributed by atoms with E-state index in [9.17, 15) is 9.59 Å². The summed E-state index contributed by atoms with van der Waals surface area (Å²) in [6.45, 7) is 6.49. The van der Waals surface area contributed by atoms with Gasteiger partial charge in [-0.3, -0.25) is 9.59 Å². The van der Waals surface area contributed by atoms with Crippen LogP contribution in [0.15, 0.2) is 18.2 Å². The predicted octanol–water partition coefficient (Wildman–Crippen LogP) is 1.15. The van der Waals surface area contributed by atoms with Crippen LogP contribution >= 0.6 is 0 Å². The number of carbonyl (C=O) groups is 2. The van der Waals surface area contributed by atoms with Crippen LogP contribution in [0.4, 0.5) is 0 Å². The summed E-state index contributed by atoms with van der Waals surface area (Å²) in [4.78, 5) is 25.9. The first-order valence-electron chi connectivity index (χ1n) is 8.35. The number of rotatable bonds is 9. The lowest BCUT2D eigenvalue weighted by molar-refractivity contribution is -0.133. The summed E-state index contributed by atoms with van der Waals surface area (Å²) in [5, 5.41) is 2.61. The van der Waals surface area contributed by atoms with E-state index in [1.54, 1.807) is 25.2 Å². The van der Waals surface area contributed by atoms with Crippen LogP contribution in [0, 0.1) is 5.92 Å². The summed E-state index contributed by atoms with van der Waals surface area (Å²) in [6, 6.07) is 4.90. The van der Waals surface area contributed by atoms with Gasteiger partial charge in [0.15, 0.2) is 11.5 Å². The van der Waals surface area contributed by atoms with Gasteiger partial charge in [-0.1, -0.05) is 19.9 Å². The minimum Gasteiger partial charge on any atom is -0.493 e. The van der Waals surface area contributed by atoms with Crippen LogP contribution in [-0.4, -0.2) is 50.1 Å². The molecule has 1 aromatic rings. The third-order valence-electron chi connectivity index (χ3n) is 3.99. The fourth-order valence-electron chi connectivity index (χ4n) is 2.27. The SMILES string of the molecule is CCN(Cc1ccc(OC)c(OC)c1)C(=O)CNC(=O)[C@@H](N)C(C)C. The Balaban J connectivity index is 2.69. The number of nitrogens with zero attached hydrogens (tertiary/aromatic N) is 1. The molecule has 0 aliphatic carbocycles. The molecule has 7 nitrogen and oxygen atoms in total. The molecule has 0 unspecified atom stereocenters. The van der Waals surface area contributed by atoms with Crippen molar-refractivity contribution in [2.24, 2.45) is 11.7 Å². The highest BCUT2D eigenvalue weighted by molar-refractivity contribution is 5.87. The Morgan fingerprint density at radius 1 is 1.20 bits per heavy atom. The van der Waals surface area contributed by atoms with Gasteiger partial charge in [0.25, 0.3) is 0 Å². The molecular formula is C18H29N3O4. The second kappa shape index (κ2) is 9.88. The van der Waals surface area contributed by atoms with E-state index in [1.807, 2.05) is 32.9 Å². The molecule has 0 saturated carbocycles. The number of benzene rings is 1. The van der Waals surface area contributed by atoms with Crippen molar-refractivity contribution in [3.8, 4) is 11.5 Å². The van der Waals surface area contributed by atoms with Gasteiger partial charge >= 0.3 is 0 Å². The molecule has 1 aromatic carbocycles. The van der Waals surface area contributed by atoms with Crippen molar-refractivity contribution in [2.75, 3.05) is 27.3 Å². The maximum absolute atomic E-state index is 12.4. The molecular weight excluding hydrogens is 322 g/mol. The van der Waals surface area contributed by atoms with E-state index < -0.39 is 6.04 Å². The lowest BCUT2D eigenvalue weighted by atomic mass is 10.1. The van der Waals surface area contributed by atoms with Crippen molar-refractivity contribution in [3.63, 3.8) is 0 Å². The van der Waals surface area contributed by atoms with E-state index in [1.165, 1.54) is 0 Å². The third-order valence-corrected chi connectivity index (χ3v) is 3.99. The maximum Gasteiger partial charge on any atom is 0.242 e. The van der Waals surface area contributed by atoms with Crippen LogP contribution < -0.4 is 20.5 Å². The first-order chi connectivity index (χ1) is 11.8. The molecule has 1 rings (SSSR count). The van der Waals surface area contributed by atoms with E-state index >= 15 is 0 Å². The zero-order valence-electron chi connectivity index (χ0n) is 15.7. The number of likely N-dealkylation sites (N-methyl/N-ethyl adjacent to an activating group) is 1. The average Bonchev–Trinajstić information content (AvgIpc) is 2.62. The third kappa shape index (κ3) is 5.94. The molecule has 0 fully saturated rings. The molecule has 0 aliphatic rings. The quantitative estimate of drug-likeness (QED) is 0.696. The Labute approximate surface area is 149 Å². The Bertz CT molecular complexity index is 590. The number of methoxy groups -OCH3 is 2. The number of amides is 2. The van der Waals surface area contributed by atoms with Crippen molar-refractivity contribution < 1.29 is 19.1 Å². The first kappa shape index (κ1) is 20.8. The number of hydrogen-bond acceptors (Lipinski definition) is 5. The van der Waals surface area contributed by atoms with Crippen LogP contribution in [-0.2, 0) is 16.1 Å². The second-order valence-corrected chi connectivity index (χ2v) is 6.08. The van der Waals surface area contributed by atoms with Crippen molar-refractivity contribution in [1.29, 1.82) is 0 Å². The fourth-order valence-corrected chi connectivity index (χ4v) is 2.27. The molecule has 0 saturated heterocycles. The van der Waals surface area contributed by atoms with Crippen molar-refractivity contribution in [2.45, 2.75) is 33.4 Å². The fraction of sp³-hybridized carbons (Fsp3) is 0.556. The first-order valence-corrected chi connectivity index (χ1v) is 8.35. The predicted molar refractivity (Wildman–Crippen MR) is 96.5 cm³/mol. The lowest BCUT2D eigenvalue weighted by Gasteiger charge is -2.22. The topological polar surface area (TPSA) is 93.9 Å². The highest BCUT2D eigenvalue weighted by Gasteiger charge is 2.19. The molecule has 0 bridgehead atoms. The lowest BCUT2D eigenvalue weighted by Crippen LogP contribution is -2.47. The minimum atomic E-state index is -0.617. The number of nitrogens with two attached hydrogens (primary N) is 1. The minimum absolute atomic E-state index is 0.0177. The van der Waals surface area contributed by atoms with E-state index in [0.29, 0.717) is 24.6 Å². The van der Waals surface area contributed by atoms with Crippen LogP contribution in [0.5, 0.6) is 11.5 Å². The van der Waals surface area contributed by atoms with Crippen LogP contribution in [0.25, 0.3) is 0 Å². The summed E-state index contributed by atoms with van der Waals surface area (Å²) >= 11 is 0. The van der Waals surface area contributed by atoms with Gasteiger partial charge < -0.3 is 25.4 Å². The number of hydrogen-bond donors (Lipinski definition) is 2. The van der Waals surface area contributed by atoms with Gasteiger partial charge in [0.1, 0.15) is 0 Å².